The number of ketones is 1. The first-order valence-electron chi connectivity index (χ1n) is 12.5. The summed E-state index contributed by atoms with van der Waals surface area (Å²) in [5.74, 6) is 0.0600. The smallest absolute Gasteiger partial charge is 0.173 e. The van der Waals surface area contributed by atoms with Crippen LogP contribution in [0.2, 0.25) is 0 Å². The molecule has 0 spiro atoms. The third kappa shape index (κ3) is 3.49. The van der Waals surface area contributed by atoms with Gasteiger partial charge in [-0.1, -0.05) is 13.8 Å². The molecule has 5 heteroatoms. The minimum atomic E-state index is -1.01. The molecule has 5 rings (SSSR count). The molecule has 32 heavy (non-hydrogen) atoms. The van der Waals surface area contributed by atoms with Crippen LogP contribution in [0, 0.1) is 52.6 Å². The highest BCUT2D eigenvalue weighted by Crippen LogP contribution is 2.66. The molecule has 0 radical (unpaired) electrons. The monoisotopic (exact) mass is 448 g/mol. The average Bonchev–Trinajstić information content (AvgIpc) is 3.11. The van der Waals surface area contributed by atoms with Crippen LogP contribution in [-0.2, 0) is 4.79 Å². The molecular weight excluding hydrogens is 413 g/mol. The van der Waals surface area contributed by atoms with E-state index in [1.165, 1.54) is 6.07 Å². The van der Waals surface area contributed by atoms with Crippen molar-refractivity contribution in [2.24, 2.45) is 40.9 Å². The molecule has 0 saturated heterocycles. The maximum absolute atomic E-state index is 16.4. The van der Waals surface area contributed by atoms with Gasteiger partial charge >= 0.3 is 0 Å². The van der Waals surface area contributed by atoms with Crippen molar-refractivity contribution in [2.45, 2.75) is 77.3 Å². The lowest BCUT2D eigenvalue weighted by molar-refractivity contribution is -0.146. The number of alkyl halides is 1. The fourth-order valence-corrected chi connectivity index (χ4v) is 8.37. The van der Waals surface area contributed by atoms with E-state index in [0.717, 1.165) is 63.5 Å². The summed E-state index contributed by atoms with van der Waals surface area (Å²) in [6.07, 6.45) is 8.34. The minimum absolute atomic E-state index is 0.00712. The van der Waals surface area contributed by atoms with E-state index in [4.69, 9.17) is 4.74 Å². The van der Waals surface area contributed by atoms with Gasteiger partial charge in [0.05, 0.1) is 0 Å². The van der Waals surface area contributed by atoms with Gasteiger partial charge in [0, 0.05) is 12.0 Å². The van der Waals surface area contributed by atoms with Crippen LogP contribution < -0.4 is 4.74 Å². The zero-order valence-electron chi connectivity index (χ0n) is 19.2. The Bertz CT molecular complexity index is 888. The van der Waals surface area contributed by atoms with Gasteiger partial charge in [-0.15, -0.1) is 0 Å². The van der Waals surface area contributed by atoms with Crippen LogP contribution >= 0.6 is 0 Å². The van der Waals surface area contributed by atoms with Crippen molar-refractivity contribution >= 4 is 5.78 Å². The SMILES string of the molecule is C[C@H]1CC[C@]2(F)C3CC[C@@]4(C)C(CC[C@@H]4C(=O)COc4ccc(F)cc4F)[C@@H]3CC[C@@H]2C1. The number of halogens is 3. The van der Waals surface area contributed by atoms with Crippen molar-refractivity contribution in [3.8, 4) is 5.75 Å². The number of rotatable bonds is 4. The van der Waals surface area contributed by atoms with Gasteiger partial charge in [-0.2, -0.15) is 0 Å². The van der Waals surface area contributed by atoms with E-state index in [0.29, 0.717) is 24.2 Å². The molecule has 4 saturated carbocycles. The van der Waals surface area contributed by atoms with Crippen LogP contribution in [0.5, 0.6) is 5.75 Å². The minimum Gasteiger partial charge on any atom is -0.483 e. The van der Waals surface area contributed by atoms with Gasteiger partial charge in [0.2, 0.25) is 0 Å². The molecule has 0 bridgehead atoms. The van der Waals surface area contributed by atoms with Gasteiger partial charge in [0.25, 0.3) is 0 Å². The molecule has 1 aromatic rings. The summed E-state index contributed by atoms with van der Waals surface area (Å²) < 4.78 is 48.8. The predicted octanol–water partition coefficient (Wildman–Crippen LogP) is 6.91. The van der Waals surface area contributed by atoms with Crippen molar-refractivity contribution < 1.29 is 22.7 Å². The van der Waals surface area contributed by atoms with Crippen LogP contribution in [0.3, 0.4) is 0 Å². The Kier molecular flexibility index (Phi) is 5.61. The molecule has 176 valence electrons. The largest absolute Gasteiger partial charge is 0.483 e. The van der Waals surface area contributed by atoms with E-state index in [1.807, 2.05) is 0 Å². The molecule has 4 fully saturated rings. The molecule has 0 heterocycles. The lowest BCUT2D eigenvalue weighted by Crippen LogP contribution is -2.56. The number of hydrogen-bond donors (Lipinski definition) is 0. The summed E-state index contributed by atoms with van der Waals surface area (Å²) in [5.41, 5.74) is -1.14. The molecule has 0 N–H and O–H groups in total. The molecule has 8 atom stereocenters. The maximum atomic E-state index is 16.4. The highest BCUT2D eigenvalue weighted by molar-refractivity contribution is 5.83. The first kappa shape index (κ1) is 22.3. The van der Waals surface area contributed by atoms with Gasteiger partial charge in [-0.05, 0) is 105 Å². The van der Waals surface area contributed by atoms with Crippen LogP contribution in [0.25, 0.3) is 0 Å². The van der Waals surface area contributed by atoms with Crippen LogP contribution in [0.1, 0.15) is 71.6 Å². The van der Waals surface area contributed by atoms with E-state index in [1.54, 1.807) is 0 Å². The summed E-state index contributed by atoms with van der Waals surface area (Å²) in [6.45, 7) is 4.29. The number of benzene rings is 1. The second-order valence-corrected chi connectivity index (χ2v) is 11.5. The maximum Gasteiger partial charge on any atom is 0.173 e. The van der Waals surface area contributed by atoms with Gasteiger partial charge in [0.1, 0.15) is 18.1 Å². The number of ether oxygens (including phenoxy) is 1. The fourth-order valence-electron chi connectivity index (χ4n) is 8.37. The Morgan fingerprint density at radius 3 is 2.66 bits per heavy atom. The molecule has 2 nitrogen and oxygen atoms in total. The van der Waals surface area contributed by atoms with Gasteiger partial charge in [-0.3, -0.25) is 4.79 Å². The lowest BCUT2D eigenvalue weighted by Gasteiger charge is -2.58. The Hall–Kier alpha value is -1.52. The van der Waals surface area contributed by atoms with Crippen molar-refractivity contribution in [1.82, 2.24) is 0 Å². The number of carbonyl (C=O) groups excluding carboxylic acids is 1. The van der Waals surface area contributed by atoms with E-state index in [2.05, 4.69) is 13.8 Å². The Morgan fingerprint density at radius 1 is 1.06 bits per heavy atom. The number of Topliss-reactive ketones (excluding diaryl/α,β-unsaturated/α-hetero) is 1. The fraction of sp³-hybridized carbons (Fsp3) is 0.741. The van der Waals surface area contributed by atoms with Crippen molar-refractivity contribution in [1.29, 1.82) is 0 Å². The molecule has 2 unspecified atom stereocenters. The standard InChI is InChI=1S/C27H35F3O2/c1-16-9-12-27(30)17(13-16)3-5-19-20-6-7-22(26(20,2)11-10-21(19)27)24(31)15-32-25-8-4-18(28)14-23(25)29/h4,8,14,16-17,19-22H,3,5-7,9-13,15H2,1-2H3/t16-,17+,19-,20?,21?,22+,26-,27+/m0/s1. The van der Waals surface area contributed by atoms with E-state index < -0.39 is 17.3 Å². The summed E-state index contributed by atoms with van der Waals surface area (Å²) in [4.78, 5) is 13.1. The molecule has 0 amide bonds. The first-order valence-corrected chi connectivity index (χ1v) is 12.5. The third-order valence-corrected chi connectivity index (χ3v) is 9.94. The Morgan fingerprint density at radius 2 is 1.88 bits per heavy atom. The molecule has 0 aliphatic heterocycles. The van der Waals surface area contributed by atoms with Crippen molar-refractivity contribution in [3.63, 3.8) is 0 Å². The van der Waals surface area contributed by atoms with Gasteiger partial charge < -0.3 is 4.74 Å². The first-order chi connectivity index (χ1) is 15.2. The van der Waals surface area contributed by atoms with Gasteiger partial charge in [0.15, 0.2) is 17.3 Å². The Balaban J connectivity index is 1.29. The zero-order valence-corrected chi connectivity index (χ0v) is 19.2. The molecule has 4 aliphatic carbocycles. The summed E-state index contributed by atoms with van der Waals surface area (Å²) in [6, 6.07) is 3.13. The quantitative estimate of drug-likeness (QED) is 0.500. The van der Waals surface area contributed by atoms with E-state index >= 15 is 4.39 Å². The zero-order chi connectivity index (χ0) is 22.7. The van der Waals surface area contributed by atoms with Crippen LogP contribution in [0.4, 0.5) is 13.2 Å². The van der Waals surface area contributed by atoms with Crippen molar-refractivity contribution in [2.75, 3.05) is 6.61 Å². The second-order valence-electron chi connectivity index (χ2n) is 11.5. The van der Waals surface area contributed by atoms with Crippen LogP contribution in [-0.4, -0.2) is 18.1 Å². The highest BCUT2D eigenvalue weighted by Gasteiger charge is 2.62. The van der Waals surface area contributed by atoms with Crippen molar-refractivity contribution in [3.05, 3.63) is 29.8 Å². The number of fused-ring (bicyclic) bond motifs is 5. The summed E-state index contributed by atoms with van der Waals surface area (Å²) in [5, 5.41) is 0. The Labute approximate surface area is 189 Å². The summed E-state index contributed by atoms with van der Waals surface area (Å²) in [7, 11) is 0. The number of hydrogen-bond acceptors (Lipinski definition) is 2. The predicted molar refractivity (Wildman–Crippen MR) is 117 cm³/mol. The number of carbonyl (C=O) groups is 1. The van der Waals surface area contributed by atoms with E-state index in [-0.39, 0.29) is 41.3 Å². The molecule has 1 aromatic carbocycles. The van der Waals surface area contributed by atoms with Gasteiger partial charge in [-0.25, -0.2) is 13.2 Å². The lowest BCUT2D eigenvalue weighted by atomic mass is 9.48. The highest BCUT2D eigenvalue weighted by atomic mass is 19.1. The topological polar surface area (TPSA) is 26.3 Å². The molecular formula is C27H35F3O2. The summed E-state index contributed by atoms with van der Waals surface area (Å²) >= 11 is 0. The molecule has 0 aromatic heterocycles. The second kappa shape index (κ2) is 8.06. The third-order valence-electron chi connectivity index (χ3n) is 9.94. The van der Waals surface area contributed by atoms with E-state index in [9.17, 15) is 13.6 Å². The average molecular weight is 449 g/mol. The molecule has 4 aliphatic rings. The van der Waals surface area contributed by atoms with Crippen LogP contribution in [0.15, 0.2) is 18.2 Å². The normalized spacial score (nSPS) is 43.2.